The molecule has 0 aliphatic carbocycles. The minimum atomic E-state index is -0.0655. The van der Waals surface area contributed by atoms with Crippen molar-refractivity contribution in [2.24, 2.45) is 0 Å². The zero-order valence-electron chi connectivity index (χ0n) is 11.7. The summed E-state index contributed by atoms with van der Waals surface area (Å²) in [5, 5.41) is 3.03. The molecule has 0 bridgehead atoms. The molecule has 1 aromatic carbocycles. The van der Waals surface area contributed by atoms with Gasteiger partial charge in [0.15, 0.2) is 0 Å². The van der Waals surface area contributed by atoms with E-state index in [-0.39, 0.29) is 11.8 Å². The molecule has 1 amide bonds. The highest BCUT2D eigenvalue weighted by Gasteiger charge is 2.26. The van der Waals surface area contributed by atoms with Crippen LogP contribution in [0.1, 0.15) is 24.3 Å². The van der Waals surface area contributed by atoms with E-state index in [0.717, 1.165) is 37.2 Å². The van der Waals surface area contributed by atoms with Crippen LogP contribution in [-0.2, 0) is 4.79 Å². The van der Waals surface area contributed by atoms with Gasteiger partial charge in [-0.15, -0.1) is 0 Å². The molecule has 1 unspecified atom stereocenters. The third-order valence-electron chi connectivity index (χ3n) is 3.36. The zero-order chi connectivity index (χ0) is 13.7. The van der Waals surface area contributed by atoms with E-state index < -0.39 is 0 Å². The van der Waals surface area contributed by atoms with Crippen LogP contribution in [0.3, 0.4) is 0 Å². The fourth-order valence-electron chi connectivity index (χ4n) is 2.34. The first-order chi connectivity index (χ1) is 9.18. The monoisotopic (exact) mass is 262 g/mol. The Labute approximate surface area is 114 Å². The molecule has 1 atom stereocenters. The number of amides is 1. The summed E-state index contributed by atoms with van der Waals surface area (Å²) in [5.74, 6) is 0.904. The maximum Gasteiger partial charge on any atom is 0.227 e. The van der Waals surface area contributed by atoms with Crippen molar-refractivity contribution in [1.29, 1.82) is 0 Å². The van der Waals surface area contributed by atoms with E-state index in [2.05, 4.69) is 10.2 Å². The summed E-state index contributed by atoms with van der Waals surface area (Å²) in [5.41, 5.74) is 1.01. The lowest BCUT2D eigenvalue weighted by Gasteiger charge is -2.25. The van der Waals surface area contributed by atoms with E-state index in [9.17, 15) is 4.79 Å². The average Bonchev–Trinajstić information content (AvgIpc) is 2.42. The van der Waals surface area contributed by atoms with Gasteiger partial charge in [0.1, 0.15) is 5.75 Å². The van der Waals surface area contributed by atoms with Crippen molar-refractivity contribution < 1.29 is 9.53 Å². The second-order valence-corrected chi connectivity index (χ2v) is 5.18. The molecule has 4 heteroatoms. The van der Waals surface area contributed by atoms with Crippen LogP contribution < -0.4 is 10.1 Å². The van der Waals surface area contributed by atoms with Gasteiger partial charge in [0.05, 0.1) is 12.5 Å². The van der Waals surface area contributed by atoms with Gasteiger partial charge in [-0.05, 0) is 39.5 Å². The molecule has 2 rings (SSSR count). The number of hydrogen-bond donors (Lipinski definition) is 1. The molecule has 104 valence electrons. The van der Waals surface area contributed by atoms with Gasteiger partial charge in [-0.2, -0.15) is 0 Å². The largest absolute Gasteiger partial charge is 0.493 e. The first-order valence-electron chi connectivity index (χ1n) is 6.82. The van der Waals surface area contributed by atoms with Crippen LogP contribution in [0.2, 0.25) is 0 Å². The van der Waals surface area contributed by atoms with Crippen LogP contribution in [0.5, 0.6) is 5.75 Å². The Bertz CT molecular complexity index is 432. The van der Waals surface area contributed by atoms with Gasteiger partial charge in [0.2, 0.25) is 5.91 Å². The topological polar surface area (TPSA) is 41.6 Å². The van der Waals surface area contributed by atoms with E-state index in [1.165, 1.54) is 0 Å². The molecular formula is C15H22N2O2. The van der Waals surface area contributed by atoms with Gasteiger partial charge < -0.3 is 15.0 Å². The number of rotatable bonds is 5. The molecular weight excluding hydrogens is 240 g/mol. The van der Waals surface area contributed by atoms with Gasteiger partial charge in [-0.1, -0.05) is 18.2 Å². The molecule has 1 N–H and O–H groups in total. The van der Waals surface area contributed by atoms with E-state index in [0.29, 0.717) is 6.61 Å². The number of benzene rings is 1. The van der Waals surface area contributed by atoms with Gasteiger partial charge in [-0.25, -0.2) is 0 Å². The molecule has 0 saturated carbocycles. The van der Waals surface area contributed by atoms with Crippen LogP contribution in [0.25, 0.3) is 0 Å². The Kier molecular flexibility index (Phi) is 4.80. The molecule has 0 aromatic heterocycles. The number of carbonyl (C=O) groups excluding carboxylic acids is 1. The highest BCUT2D eigenvalue weighted by atomic mass is 16.5. The van der Waals surface area contributed by atoms with Crippen LogP contribution in [0, 0.1) is 0 Å². The summed E-state index contributed by atoms with van der Waals surface area (Å²) in [7, 11) is 4.08. The quantitative estimate of drug-likeness (QED) is 0.820. The van der Waals surface area contributed by atoms with Crippen molar-refractivity contribution in [3.8, 4) is 5.75 Å². The van der Waals surface area contributed by atoms with Gasteiger partial charge >= 0.3 is 0 Å². The smallest absolute Gasteiger partial charge is 0.227 e. The lowest BCUT2D eigenvalue weighted by atomic mass is 9.92. The average molecular weight is 262 g/mol. The van der Waals surface area contributed by atoms with E-state index >= 15 is 0 Å². The van der Waals surface area contributed by atoms with E-state index in [4.69, 9.17) is 4.74 Å². The number of hydrogen-bond acceptors (Lipinski definition) is 3. The van der Waals surface area contributed by atoms with Crippen LogP contribution in [0.4, 0.5) is 0 Å². The number of para-hydroxylation sites is 1. The summed E-state index contributed by atoms with van der Waals surface area (Å²) in [6.07, 6.45) is 1.74. The number of nitrogens with zero attached hydrogens (tertiary/aromatic N) is 1. The number of carbonyl (C=O) groups is 1. The minimum absolute atomic E-state index is 0.0655. The number of nitrogens with one attached hydrogen (secondary N) is 1. The molecule has 0 fully saturated rings. The third kappa shape index (κ3) is 3.70. The van der Waals surface area contributed by atoms with Gasteiger partial charge in [-0.3, -0.25) is 4.79 Å². The summed E-state index contributed by atoms with van der Waals surface area (Å²) in [6, 6.07) is 7.81. The maximum absolute atomic E-state index is 12.2. The Hall–Kier alpha value is -1.55. The van der Waals surface area contributed by atoms with Gasteiger partial charge in [0, 0.05) is 12.1 Å². The Morgan fingerprint density at radius 1 is 1.42 bits per heavy atom. The Balaban J connectivity index is 1.90. The maximum atomic E-state index is 12.2. The fraction of sp³-hybridized carbons (Fsp3) is 0.533. The predicted molar refractivity (Wildman–Crippen MR) is 75.5 cm³/mol. The summed E-state index contributed by atoms with van der Waals surface area (Å²) < 4.78 is 5.57. The second-order valence-electron chi connectivity index (χ2n) is 5.18. The highest BCUT2D eigenvalue weighted by molar-refractivity contribution is 5.84. The molecule has 0 saturated heterocycles. The summed E-state index contributed by atoms with van der Waals surface area (Å²) in [4.78, 5) is 14.3. The minimum Gasteiger partial charge on any atom is -0.493 e. The molecule has 1 aliphatic rings. The normalized spacial score (nSPS) is 17.7. The standard InChI is InChI=1S/C15H22N2O2/c1-17(2)10-5-9-16-15(18)13-8-11-19-14-7-4-3-6-12(13)14/h3-4,6-7,13H,5,8-11H2,1-2H3,(H,16,18). The van der Waals surface area contributed by atoms with Crippen molar-refractivity contribution >= 4 is 5.91 Å². The zero-order valence-corrected chi connectivity index (χ0v) is 11.7. The highest BCUT2D eigenvalue weighted by Crippen LogP contribution is 2.33. The predicted octanol–water partition coefficient (Wildman–Crippen LogP) is 1.62. The van der Waals surface area contributed by atoms with Crippen LogP contribution in [-0.4, -0.2) is 44.6 Å². The number of ether oxygens (including phenoxy) is 1. The van der Waals surface area contributed by atoms with Crippen LogP contribution >= 0.6 is 0 Å². The lowest BCUT2D eigenvalue weighted by Crippen LogP contribution is -2.33. The van der Waals surface area contributed by atoms with Crippen molar-refractivity contribution in [2.45, 2.75) is 18.8 Å². The molecule has 1 aliphatic heterocycles. The van der Waals surface area contributed by atoms with Crippen molar-refractivity contribution in [2.75, 3.05) is 33.8 Å². The van der Waals surface area contributed by atoms with Gasteiger partial charge in [0.25, 0.3) is 0 Å². The molecule has 0 radical (unpaired) electrons. The molecule has 4 nitrogen and oxygen atoms in total. The molecule has 0 spiro atoms. The number of fused-ring (bicyclic) bond motifs is 1. The second kappa shape index (κ2) is 6.57. The molecule has 1 heterocycles. The first-order valence-corrected chi connectivity index (χ1v) is 6.82. The molecule has 1 aromatic rings. The van der Waals surface area contributed by atoms with Crippen molar-refractivity contribution in [3.05, 3.63) is 29.8 Å². The van der Waals surface area contributed by atoms with E-state index in [1.54, 1.807) is 0 Å². The summed E-state index contributed by atoms with van der Waals surface area (Å²) in [6.45, 7) is 2.34. The van der Waals surface area contributed by atoms with Crippen molar-refractivity contribution in [3.63, 3.8) is 0 Å². The Morgan fingerprint density at radius 2 is 2.21 bits per heavy atom. The van der Waals surface area contributed by atoms with E-state index in [1.807, 2.05) is 38.4 Å². The first kappa shape index (κ1) is 13.9. The lowest BCUT2D eigenvalue weighted by molar-refractivity contribution is -0.123. The SMILES string of the molecule is CN(C)CCCNC(=O)C1CCOc2ccccc21. The third-order valence-corrected chi connectivity index (χ3v) is 3.36. The Morgan fingerprint density at radius 3 is 3.00 bits per heavy atom. The fourth-order valence-corrected chi connectivity index (χ4v) is 2.34. The van der Waals surface area contributed by atoms with Crippen LogP contribution in [0.15, 0.2) is 24.3 Å². The molecule has 19 heavy (non-hydrogen) atoms. The van der Waals surface area contributed by atoms with Crippen molar-refractivity contribution in [1.82, 2.24) is 10.2 Å². The summed E-state index contributed by atoms with van der Waals surface area (Å²) >= 11 is 0.